The van der Waals surface area contributed by atoms with Crippen molar-refractivity contribution in [2.24, 2.45) is 7.05 Å². The van der Waals surface area contributed by atoms with Crippen LogP contribution in [0.4, 0.5) is 5.69 Å². The van der Waals surface area contributed by atoms with E-state index in [-0.39, 0.29) is 11.3 Å². The molecule has 0 fully saturated rings. The van der Waals surface area contributed by atoms with Gasteiger partial charge in [0.25, 0.3) is 5.91 Å². The second kappa shape index (κ2) is 5.23. The summed E-state index contributed by atoms with van der Waals surface area (Å²) in [6.45, 7) is 0. The van der Waals surface area contributed by atoms with E-state index in [1.807, 2.05) is 0 Å². The second-order valence-electron chi connectivity index (χ2n) is 3.79. The lowest BCUT2D eigenvalue weighted by Crippen LogP contribution is -2.18. The summed E-state index contributed by atoms with van der Waals surface area (Å²) in [6, 6.07) is 6.17. The number of carboxylic acid groups (broad SMARTS) is 1. The molecule has 0 aliphatic heterocycles. The number of benzene rings is 1. The van der Waals surface area contributed by atoms with Crippen molar-refractivity contribution in [3.8, 4) is 0 Å². The Hall–Kier alpha value is -2.15. The predicted molar refractivity (Wildman–Crippen MR) is 72.3 cm³/mol. The zero-order chi connectivity index (χ0) is 14.0. The molecule has 7 heteroatoms. The molecular weight excluding hydrogens is 314 g/mol. The number of carboxylic acids is 1. The maximum Gasteiger partial charge on any atom is 0.337 e. The zero-order valence-corrected chi connectivity index (χ0v) is 11.5. The summed E-state index contributed by atoms with van der Waals surface area (Å²) in [4.78, 5) is 23.1. The van der Waals surface area contributed by atoms with Gasteiger partial charge in [-0.05, 0) is 24.3 Å². The third kappa shape index (κ3) is 2.82. The van der Waals surface area contributed by atoms with E-state index in [0.717, 1.165) is 0 Å². The largest absolute Gasteiger partial charge is 0.478 e. The molecule has 98 valence electrons. The van der Waals surface area contributed by atoms with E-state index in [0.29, 0.717) is 10.2 Å². The predicted octanol–water partition coefficient (Wildman–Crippen LogP) is 2.13. The first-order chi connectivity index (χ1) is 8.99. The average molecular weight is 324 g/mol. The SMILES string of the molecule is Cn1nccc1C(=O)Nc1ccc(Br)cc1C(=O)O. The molecule has 0 bridgehead atoms. The minimum atomic E-state index is -1.11. The third-order valence-corrected chi connectivity index (χ3v) is 3.01. The lowest BCUT2D eigenvalue weighted by Gasteiger charge is -2.09. The molecule has 0 unspecified atom stereocenters. The number of aryl methyl sites for hydroxylation is 1. The Labute approximate surface area is 117 Å². The number of hydrogen-bond donors (Lipinski definition) is 2. The van der Waals surface area contributed by atoms with E-state index in [2.05, 4.69) is 26.3 Å². The van der Waals surface area contributed by atoms with Crippen LogP contribution in [0.1, 0.15) is 20.8 Å². The summed E-state index contributed by atoms with van der Waals surface area (Å²) in [5.74, 6) is -1.52. The van der Waals surface area contributed by atoms with E-state index >= 15 is 0 Å². The summed E-state index contributed by atoms with van der Waals surface area (Å²) >= 11 is 3.19. The first-order valence-corrected chi connectivity index (χ1v) is 6.10. The van der Waals surface area contributed by atoms with Gasteiger partial charge in [0.05, 0.1) is 11.3 Å². The van der Waals surface area contributed by atoms with Crippen LogP contribution in [-0.2, 0) is 7.05 Å². The van der Waals surface area contributed by atoms with E-state index in [4.69, 9.17) is 5.11 Å². The van der Waals surface area contributed by atoms with Gasteiger partial charge in [-0.1, -0.05) is 15.9 Å². The molecule has 0 radical (unpaired) electrons. The van der Waals surface area contributed by atoms with Crippen LogP contribution in [0, 0.1) is 0 Å². The van der Waals surface area contributed by atoms with Gasteiger partial charge in [-0.3, -0.25) is 9.48 Å². The van der Waals surface area contributed by atoms with Gasteiger partial charge in [0.15, 0.2) is 0 Å². The van der Waals surface area contributed by atoms with Crippen LogP contribution in [-0.4, -0.2) is 26.8 Å². The molecule has 1 heterocycles. The number of nitrogens with zero attached hydrogens (tertiary/aromatic N) is 2. The van der Waals surface area contributed by atoms with Crippen molar-refractivity contribution in [3.05, 3.63) is 46.2 Å². The highest BCUT2D eigenvalue weighted by Gasteiger charge is 2.15. The lowest BCUT2D eigenvalue weighted by molar-refractivity contribution is 0.0698. The van der Waals surface area contributed by atoms with Crippen molar-refractivity contribution < 1.29 is 14.7 Å². The van der Waals surface area contributed by atoms with E-state index in [1.165, 1.54) is 23.0 Å². The van der Waals surface area contributed by atoms with Gasteiger partial charge in [0.2, 0.25) is 0 Å². The standard InChI is InChI=1S/C12H10BrN3O3/c1-16-10(4-5-14-16)11(17)15-9-3-2-7(13)6-8(9)12(18)19/h2-6H,1H3,(H,15,17)(H,18,19). The number of carbonyl (C=O) groups excluding carboxylic acids is 1. The van der Waals surface area contributed by atoms with Crippen LogP contribution in [0.3, 0.4) is 0 Å². The van der Waals surface area contributed by atoms with Gasteiger partial charge >= 0.3 is 5.97 Å². The van der Waals surface area contributed by atoms with Gasteiger partial charge < -0.3 is 10.4 Å². The molecule has 1 aromatic carbocycles. The molecule has 6 nitrogen and oxygen atoms in total. The molecule has 1 aromatic heterocycles. The van der Waals surface area contributed by atoms with Crippen molar-refractivity contribution in [1.82, 2.24) is 9.78 Å². The molecule has 2 aromatic rings. The van der Waals surface area contributed by atoms with Crippen molar-refractivity contribution >= 4 is 33.5 Å². The highest BCUT2D eigenvalue weighted by Crippen LogP contribution is 2.21. The molecule has 0 aliphatic rings. The second-order valence-corrected chi connectivity index (χ2v) is 4.70. The van der Waals surface area contributed by atoms with Gasteiger partial charge in [-0.2, -0.15) is 5.10 Å². The molecule has 0 atom stereocenters. The Balaban J connectivity index is 2.32. The molecule has 0 saturated carbocycles. The van der Waals surface area contributed by atoms with Crippen LogP contribution >= 0.6 is 15.9 Å². The minimum absolute atomic E-state index is 0.0184. The van der Waals surface area contributed by atoms with Crippen LogP contribution in [0.15, 0.2) is 34.9 Å². The fraction of sp³-hybridized carbons (Fsp3) is 0.0833. The average Bonchev–Trinajstić information content (AvgIpc) is 2.77. The number of anilines is 1. The van der Waals surface area contributed by atoms with Crippen LogP contribution in [0.5, 0.6) is 0 Å². The van der Waals surface area contributed by atoms with Crippen LogP contribution in [0.2, 0.25) is 0 Å². The Morgan fingerprint density at radius 3 is 2.68 bits per heavy atom. The third-order valence-electron chi connectivity index (χ3n) is 2.51. The fourth-order valence-electron chi connectivity index (χ4n) is 1.59. The molecule has 1 amide bonds. The summed E-state index contributed by atoms with van der Waals surface area (Å²) in [5.41, 5.74) is 0.603. The summed E-state index contributed by atoms with van der Waals surface area (Å²) in [6.07, 6.45) is 1.49. The van der Waals surface area contributed by atoms with Gasteiger partial charge in [-0.25, -0.2) is 4.79 Å². The topological polar surface area (TPSA) is 84.2 Å². The summed E-state index contributed by atoms with van der Waals surface area (Å²) < 4.78 is 2.04. The Bertz CT molecular complexity index is 651. The maximum absolute atomic E-state index is 12.0. The maximum atomic E-state index is 12.0. The number of aromatic carboxylic acids is 1. The Morgan fingerprint density at radius 2 is 2.11 bits per heavy atom. The number of aromatic nitrogens is 2. The monoisotopic (exact) mass is 323 g/mol. The van der Waals surface area contributed by atoms with Crippen LogP contribution < -0.4 is 5.32 Å². The van der Waals surface area contributed by atoms with Gasteiger partial charge in [-0.15, -0.1) is 0 Å². The first kappa shape index (κ1) is 13.3. The van der Waals surface area contributed by atoms with Crippen molar-refractivity contribution in [2.75, 3.05) is 5.32 Å². The Kier molecular flexibility index (Phi) is 3.66. The smallest absolute Gasteiger partial charge is 0.337 e. The number of hydrogen-bond acceptors (Lipinski definition) is 3. The molecule has 0 aliphatic carbocycles. The molecule has 19 heavy (non-hydrogen) atoms. The zero-order valence-electron chi connectivity index (χ0n) is 9.92. The molecule has 2 N–H and O–H groups in total. The van der Waals surface area contributed by atoms with Crippen LogP contribution in [0.25, 0.3) is 0 Å². The highest BCUT2D eigenvalue weighted by molar-refractivity contribution is 9.10. The van der Waals surface area contributed by atoms with E-state index < -0.39 is 11.9 Å². The molecule has 0 spiro atoms. The quantitative estimate of drug-likeness (QED) is 0.906. The summed E-state index contributed by atoms with van der Waals surface area (Å²) in [5, 5.41) is 15.5. The molecule has 0 saturated heterocycles. The fourth-order valence-corrected chi connectivity index (χ4v) is 1.95. The van der Waals surface area contributed by atoms with E-state index in [1.54, 1.807) is 19.2 Å². The lowest BCUT2D eigenvalue weighted by atomic mass is 10.2. The first-order valence-electron chi connectivity index (χ1n) is 5.31. The van der Waals surface area contributed by atoms with Crippen molar-refractivity contribution in [3.63, 3.8) is 0 Å². The van der Waals surface area contributed by atoms with Crippen molar-refractivity contribution in [1.29, 1.82) is 0 Å². The number of carbonyl (C=O) groups is 2. The minimum Gasteiger partial charge on any atom is -0.478 e. The number of nitrogens with one attached hydrogen (secondary N) is 1. The summed E-state index contributed by atoms with van der Waals surface area (Å²) in [7, 11) is 1.63. The number of halogens is 1. The van der Waals surface area contributed by atoms with E-state index in [9.17, 15) is 9.59 Å². The molecular formula is C12H10BrN3O3. The van der Waals surface area contributed by atoms with Gasteiger partial charge in [0, 0.05) is 17.7 Å². The van der Waals surface area contributed by atoms with Crippen molar-refractivity contribution in [2.45, 2.75) is 0 Å². The number of rotatable bonds is 3. The normalized spacial score (nSPS) is 10.2. The molecule has 2 rings (SSSR count). The highest BCUT2D eigenvalue weighted by atomic mass is 79.9. The Morgan fingerprint density at radius 1 is 1.37 bits per heavy atom. The van der Waals surface area contributed by atoms with Gasteiger partial charge in [0.1, 0.15) is 5.69 Å². The number of amides is 1.